The summed E-state index contributed by atoms with van der Waals surface area (Å²) < 4.78 is 4.57. The molecule has 0 aromatic heterocycles. The number of cyclic esters (lactones) is 2. The maximum absolute atomic E-state index is 11.3. The van der Waals surface area contributed by atoms with Crippen LogP contribution in [0.4, 0.5) is 0 Å². The fourth-order valence-electron chi connectivity index (χ4n) is 3.33. The molecule has 3 nitrogen and oxygen atoms in total. The van der Waals surface area contributed by atoms with E-state index in [9.17, 15) is 9.59 Å². The zero-order chi connectivity index (χ0) is 16.8. The third-order valence-corrected chi connectivity index (χ3v) is 4.87. The van der Waals surface area contributed by atoms with Gasteiger partial charge in [0, 0.05) is 0 Å². The highest BCUT2D eigenvalue weighted by molar-refractivity contribution is 5.94. The van der Waals surface area contributed by atoms with Crippen molar-refractivity contribution < 1.29 is 14.3 Å². The molecule has 1 heterocycles. The first kappa shape index (κ1) is 20.2. The van der Waals surface area contributed by atoms with E-state index in [0.717, 1.165) is 12.8 Å². The molecule has 0 aliphatic carbocycles. The maximum Gasteiger partial charge on any atom is 0.317 e. The predicted molar refractivity (Wildman–Crippen MR) is 94.1 cm³/mol. The van der Waals surface area contributed by atoms with Crippen molar-refractivity contribution in [1.29, 1.82) is 0 Å². The molecule has 3 heteroatoms. The topological polar surface area (TPSA) is 43.4 Å². The van der Waals surface area contributed by atoms with Crippen LogP contribution in [0.2, 0.25) is 0 Å². The second-order valence-electron chi connectivity index (χ2n) is 7.08. The van der Waals surface area contributed by atoms with Crippen LogP contribution in [0.25, 0.3) is 0 Å². The van der Waals surface area contributed by atoms with Gasteiger partial charge in [-0.05, 0) is 6.42 Å². The zero-order valence-electron chi connectivity index (χ0n) is 15.1. The summed E-state index contributed by atoms with van der Waals surface area (Å²) in [6.45, 7) is 2.27. The highest BCUT2D eigenvalue weighted by Crippen LogP contribution is 2.22. The van der Waals surface area contributed by atoms with Gasteiger partial charge in [0.05, 0.1) is 12.3 Å². The average Bonchev–Trinajstić information content (AvgIpc) is 2.85. The minimum atomic E-state index is -0.342. The summed E-state index contributed by atoms with van der Waals surface area (Å²) in [7, 11) is 0. The van der Waals surface area contributed by atoms with Crippen molar-refractivity contribution in [3.63, 3.8) is 0 Å². The molecule has 1 aliphatic heterocycles. The largest absolute Gasteiger partial charge is 0.393 e. The van der Waals surface area contributed by atoms with E-state index in [1.165, 1.54) is 83.5 Å². The van der Waals surface area contributed by atoms with E-state index >= 15 is 0 Å². The Morgan fingerprint density at radius 3 is 1.57 bits per heavy atom. The first-order valence-electron chi connectivity index (χ1n) is 9.98. The van der Waals surface area contributed by atoms with E-state index in [1.54, 1.807) is 0 Å². The van der Waals surface area contributed by atoms with Gasteiger partial charge >= 0.3 is 11.9 Å². The number of hydrogen-bond acceptors (Lipinski definition) is 3. The molecule has 1 atom stereocenters. The van der Waals surface area contributed by atoms with Crippen molar-refractivity contribution >= 4 is 11.9 Å². The van der Waals surface area contributed by atoms with E-state index in [2.05, 4.69) is 11.7 Å². The lowest BCUT2D eigenvalue weighted by atomic mass is 9.98. The molecule has 1 fully saturated rings. The molecule has 0 aromatic rings. The van der Waals surface area contributed by atoms with Crippen molar-refractivity contribution in [2.45, 2.75) is 110 Å². The molecule has 0 spiro atoms. The third-order valence-electron chi connectivity index (χ3n) is 4.87. The van der Waals surface area contributed by atoms with Crippen LogP contribution in [0, 0.1) is 5.92 Å². The second-order valence-corrected chi connectivity index (χ2v) is 7.08. The number of carbonyl (C=O) groups excluding carboxylic acids is 2. The van der Waals surface area contributed by atoms with E-state index in [4.69, 9.17) is 0 Å². The Morgan fingerprint density at radius 1 is 0.739 bits per heavy atom. The van der Waals surface area contributed by atoms with Gasteiger partial charge in [-0.1, -0.05) is 96.8 Å². The Balaban J connectivity index is 1.75. The summed E-state index contributed by atoms with van der Waals surface area (Å²) in [6, 6.07) is 0. The quantitative estimate of drug-likeness (QED) is 0.212. The number of ether oxygens (including phenoxy) is 1. The highest BCUT2D eigenvalue weighted by Gasteiger charge is 2.32. The normalized spacial score (nSPS) is 17.7. The van der Waals surface area contributed by atoms with Crippen LogP contribution in [0.5, 0.6) is 0 Å². The zero-order valence-corrected chi connectivity index (χ0v) is 15.1. The molecule has 23 heavy (non-hydrogen) atoms. The van der Waals surface area contributed by atoms with Gasteiger partial charge in [0.25, 0.3) is 0 Å². The van der Waals surface area contributed by atoms with Crippen LogP contribution in [-0.4, -0.2) is 11.9 Å². The lowest BCUT2D eigenvalue weighted by molar-refractivity contribution is -0.153. The lowest BCUT2D eigenvalue weighted by Crippen LogP contribution is -2.06. The minimum absolute atomic E-state index is 0.153. The average molecular weight is 325 g/mol. The highest BCUT2D eigenvalue weighted by atomic mass is 16.6. The van der Waals surface area contributed by atoms with Crippen LogP contribution >= 0.6 is 0 Å². The Labute approximate surface area is 142 Å². The summed E-state index contributed by atoms with van der Waals surface area (Å²) >= 11 is 0. The van der Waals surface area contributed by atoms with Gasteiger partial charge in [0.2, 0.25) is 0 Å². The van der Waals surface area contributed by atoms with Crippen molar-refractivity contribution in [3.8, 4) is 0 Å². The Morgan fingerprint density at radius 2 is 1.17 bits per heavy atom. The second kappa shape index (κ2) is 13.6. The Hall–Kier alpha value is -0.860. The van der Waals surface area contributed by atoms with Gasteiger partial charge in [-0.25, -0.2) is 0 Å². The maximum atomic E-state index is 11.3. The fourth-order valence-corrected chi connectivity index (χ4v) is 3.33. The van der Waals surface area contributed by atoms with Gasteiger partial charge in [-0.3, -0.25) is 9.59 Å². The predicted octanol–water partition coefficient (Wildman–Crippen LogP) is 5.95. The molecule has 134 valence electrons. The smallest absolute Gasteiger partial charge is 0.317 e. The van der Waals surface area contributed by atoms with E-state index in [-0.39, 0.29) is 17.9 Å². The molecule has 0 saturated carbocycles. The first-order valence-corrected chi connectivity index (χ1v) is 9.98. The summed E-state index contributed by atoms with van der Waals surface area (Å²) in [6.07, 6.45) is 19.9. The molecular weight excluding hydrogens is 288 g/mol. The number of unbranched alkanes of at least 4 members (excludes halogenated alkanes) is 13. The number of carbonyl (C=O) groups is 2. The van der Waals surface area contributed by atoms with E-state index in [0.29, 0.717) is 6.42 Å². The molecule has 1 aliphatic rings. The first-order chi connectivity index (χ1) is 11.2. The Bertz CT molecular complexity index is 325. The molecule has 1 saturated heterocycles. The monoisotopic (exact) mass is 324 g/mol. The van der Waals surface area contributed by atoms with Crippen LogP contribution < -0.4 is 0 Å². The molecule has 1 rings (SSSR count). The summed E-state index contributed by atoms with van der Waals surface area (Å²) in [5.74, 6) is -0.796. The summed E-state index contributed by atoms with van der Waals surface area (Å²) in [4.78, 5) is 22.3. The van der Waals surface area contributed by atoms with E-state index < -0.39 is 0 Å². The van der Waals surface area contributed by atoms with Gasteiger partial charge in [-0.2, -0.15) is 0 Å². The van der Waals surface area contributed by atoms with Crippen LogP contribution in [0.1, 0.15) is 110 Å². The van der Waals surface area contributed by atoms with Gasteiger partial charge in [-0.15, -0.1) is 0 Å². The van der Waals surface area contributed by atoms with Crippen LogP contribution in [-0.2, 0) is 14.3 Å². The van der Waals surface area contributed by atoms with Gasteiger partial charge in [0.1, 0.15) is 0 Å². The molecule has 1 unspecified atom stereocenters. The number of rotatable bonds is 15. The SMILES string of the molecule is CCCCCCCCCCCCCCCCC1CC(=O)OC1=O. The van der Waals surface area contributed by atoms with Crippen LogP contribution in [0.15, 0.2) is 0 Å². The number of esters is 2. The standard InChI is InChI=1S/C20H36O3/c1-2-3-4-5-6-7-8-9-10-11-12-13-14-15-16-18-17-19(21)23-20(18)22/h18H,2-17H2,1H3. The summed E-state index contributed by atoms with van der Waals surface area (Å²) in [5, 5.41) is 0. The van der Waals surface area contributed by atoms with Gasteiger partial charge in [0.15, 0.2) is 0 Å². The molecule has 0 aromatic carbocycles. The minimum Gasteiger partial charge on any atom is -0.393 e. The van der Waals surface area contributed by atoms with Gasteiger partial charge < -0.3 is 4.74 Å². The lowest BCUT2D eigenvalue weighted by Gasteiger charge is -2.05. The van der Waals surface area contributed by atoms with Crippen molar-refractivity contribution in [1.82, 2.24) is 0 Å². The van der Waals surface area contributed by atoms with Crippen molar-refractivity contribution in [2.24, 2.45) is 5.92 Å². The third kappa shape index (κ3) is 10.5. The number of hydrogen-bond donors (Lipinski definition) is 0. The van der Waals surface area contributed by atoms with Crippen molar-refractivity contribution in [2.75, 3.05) is 0 Å². The fraction of sp³-hybridized carbons (Fsp3) is 0.900. The Kier molecular flexibility index (Phi) is 11.9. The molecule has 0 amide bonds. The molecular formula is C20H36O3. The molecule has 0 radical (unpaired) electrons. The molecule has 0 N–H and O–H groups in total. The van der Waals surface area contributed by atoms with Crippen LogP contribution in [0.3, 0.4) is 0 Å². The molecule has 0 bridgehead atoms. The van der Waals surface area contributed by atoms with Crippen molar-refractivity contribution in [3.05, 3.63) is 0 Å². The van der Waals surface area contributed by atoms with E-state index in [1.807, 2.05) is 0 Å². The summed E-state index contributed by atoms with van der Waals surface area (Å²) in [5.41, 5.74) is 0.